The lowest BCUT2D eigenvalue weighted by Crippen LogP contribution is -2.18. The molecular formula is C10H16N4O3S. The van der Waals surface area contributed by atoms with Gasteiger partial charge in [-0.2, -0.15) is 4.80 Å². The van der Waals surface area contributed by atoms with Gasteiger partial charge in [-0.25, -0.2) is 0 Å². The zero-order valence-corrected chi connectivity index (χ0v) is 11.3. The highest BCUT2D eigenvalue weighted by Gasteiger charge is 2.45. The van der Waals surface area contributed by atoms with Crippen molar-refractivity contribution in [1.82, 2.24) is 20.2 Å². The Morgan fingerprint density at radius 3 is 2.78 bits per heavy atom. The molecule has 0 radical (unpaired) electrons. The second kappa shape index (κ2) is 5.13. The molecule has 0 saturated heterocycles. The molecule has 1 saturated carbocycles. The van der Waals surface area contributed by atoms with Crippen LogP contribution < -0.4 is 0 Å². The predicted octanol–water partition coefficient (Wildman–Crippen LogP) is -0.198. The van der Waals surface area contributed by atoms with Gasteiger partial charge in [-0.05, 0) is 23.5 Å². The first-order chi connectivity index (χ1) is 8.53. The van der Waals surface area contributed by atoms with Gasteiger partial charge in [-0.1, -0.05) is 0 Å². The Hall–Kier alpha value is -1.31. The molecule has 100 valence electrons. The van der Waals surface area contributed by atoms with Crippen LogP contribution in [0.25, 0.3) is 0 Å². The monoisotopic (exact) mass is 272 g/mol. The summed E-state index contributed by atoms with van der Waals surface area (Å²) in [6.07, 6.45) is 2.21. The lowest BCUT2D eigenvalue weighted by atomic mass is 10.1. The SMILES string of the molecule is COC(=O)CC1(CS(=O)Cc2nnn(C)n2)CC1. The molecule has 0 amide bonds. The van der Waals surface area contributed by atoms with Crippen molar-refractivity contribution in [3.63, 3.8) is 0 Å². The lowest BCUT2D eigenvalue weighted by Gasteiger charge is -2.12. The van der Waals surface area contributed by atoms with Crippen molar-refractivity contribution in [1.29, 1.82) is 0 Å². The topological polar surface area (TPSA) is 87.0 Å². The average Bonchev–Trinajstić information content (AvgIpc) is 2.92. The summed E-state index contributed by atoms with van der Waals surface area (Å²) in [4.78, 5) is 12.6. The smallest absolute Gasteiger partial charge is 0.306 e. The number of aromatic nitrogens is 4. The first-order valence-corrected chi connectivity index (χ1v) is 7.16. The number of esters is 1. The quantitative estimate of drug-likeness (QED) is 0.667. The lowest BCUT2D eigenvalue weighted by molar-refractivity contribution is -0.141. The van der Waals surface area contributed by atoms with Crippen LogP contribution in [0.3, 0.4) is 0 Å². The second-order valence-corrected chi connectivity index (χ2v) is 6.13. The number of aryl methyl sites for hydroxylation is 1. The molecule has 0 spiro atoms. The van der Waals surface area contributed by atoms with Gasteiger partial charge in [0, 0.05) is 16.6 Å². The third-order valence-electron chi connectivity index (χ3n) is 3.01. The van der Waals surface area contributed by atoms with Crippen LogP contribution in [0.4, 0.5) is 0 Å². The summed E-state index contributed by atoms with van der Waals surface area (Å²) >= 11 is 0. The molecule has 1 atom stereocenters. The van der Waals surface area contributed by atoms with Crippen molar-refractivity contribution in [2.24, 2.45) is 12.5 Å². The third-order valence-corrected chi connectivity index (χ3v) is 4.53. The van der Waals surface area contributed by atoms with E-state index in [4.69, 9.17) is 0 Å². The second-order valence-electron chi connectivity index (χ2n) is 4.68. The van der Waals surface area contributed by atoms with E-state index in [0.29, 0.717) is 18.0 Å². The Morgan fingerprint density at radius 1 is 1.56 bits per heavy atom. The molecule has 1 aliphatic carbocycles. The van der Waals surface area contributed by atoms with Crippen LogP contribution in [0, 0.1) is 5.41 Å². The molecule has 8 heteroatoms. The van der Waals surface area contributed by atoms with E-state index in [0.717, 1.165) is 12.8 Å². The molecule has 1 aromatic heterocycles. The minimum atomic E-state index is -1.07. The Morgan fingerprint density at radius 2 is 2.28 bits per heavy atom. The Labute approximate surface area is 107 Å². The Bertz CT molecular complexity index is 469. The van der Waals surface area contributed by atoms with Crippen molar-refractivity contribution < 1.29 is 13.7 Å². The number of methoxy groups -OCH3 is 1. The zero-order valence-electron chi connectivity index (χ0n) is 10.5. The van der Waals surface area contributed by atoms with Crippen molar-refractivity contribution in [3.05, 3.63) is 5.82 Å². The Balaban J connectivity index is 1.86. The van der Waals surface area contributed by atoms with E-state index in [1.807, 2.05) is 0 Å². The average molecular weight is 272 g/mol. The van der Waals surface area contributed by atoms with Gasteiger partial charge in [0.25, 0.3) is 0 Å². The summed E-state index contributed by atoms with van der Waals surface area (Å²) in [6.45, 7) is 0. The molecule has 2 rings (SSSR count). The maximum atomic E-state index is 12.0. The molecule has 1 aromatic rings. The standard InChI is InChI=1S/C10H16N4O3S/c1-14-12-8(11-13-14)6-18(16)7-10(3-4-10)5-9(15)17-2/h3-7H2,1-2H3. The fraction of sp³-hybridized carbons (Fsp3) is 0.800. The summed E-state index contributed by atoms with van der Waals surface area (Å²) < 4.78 is 16.6. The summed E-state index contributed by atoms with van der Waals surface area (Å²) in [5.41, 5.74) is -0.125. The van der Waals surface area contributed by atoms with E-state index < -0.39 is 10.8 Å². The van der Waals surface area contributed by atoms with Crippen molar-refractivity contribution >= 4 is 16.8 Å². The largest absolute Gasteiger partial charge is 0.469 e. The van der Waals surface area contributed by atoms with E-state index in [2.05, 4.69) is 20.1 Å². The number of ether oxygens (including phenoxy) is 1. The number of hydrogen-bond donors (Lipinski definition) is 0. The van der Waals surface area contributed by atoms with Crippen LogP contribution in [0.1, 0.15) is 25.1 Å². The van der Waals surface area contributed by atoms with E-state index in [1.54, 1.807) is 7.05 Å². The van der Waals surface area contributed by atoms with E-state index >= 15 is 0 Å². The maximum absolute atomic E-state index is 12.0. The van der Waals surface area contributed by atoms with E-state index in [-0.39, 0.29) is 17.1 Å². The molecule has 7 nitrogen and oxygen atoms in total. The molecule has 1 heterocycles. The number of carbonyl (C=O) groups excluding carboxylic acids is 1. The van der Waals surface area contributed by atoms with Gasteiger partial charge in [-0.15, -0.1) is 10.2 Å². The van der Waals surface area contributed by atoms with Gasteiger partial charge >= 0.3 is 5.97 Å². The number of hydrogen-bond acceptors (Lipinski definition) is 6. The summed E-state index contributed by atoms with van der Waals surface area (Å²) in [6, 6.07) is 0. The third kappa shape index (κ3) is 3.34. The highest BCUT2D eigenvalue weighted by Crippen LogP contribution is 2.49. The predicted molar refractivity (Wildman–Crippen MR) is 63.8 cm³/mol. The van der Waals surface area contributed by atoms with E-state index in [9.17, 15) is 9.00 Å². The zero-order chi connectivity index (χ0) is 13.2. The van der Waals surface area contributed by atoms with Gasteiger partial charge in [0.2, 0.25) is 0 Å². The number of tetrazole rings is 1. The van der Waals surface area contributed by atoms with Crippen LogP contribution >= 0.6 is 0 Å². The van der Waals surface area contributed by atoms with Crippen LogP contribution in [0.15, 0.2) is 0 Å². The molecule has 1 fully saturated rings. The van der Waals surface area contributed by atoms with Gasteiger partial charge < -0.3 is 4.74 Å². The summed E-state index contributed by atoms with van der Waals surface area (Å²) in [5, 5.41) is 11.5. The van der Waals surface area contributed by atoms with Gasteiger partial charge in [0.05, 0.1) is 26.3 Å². The minimum Gasteiger partial charge on any atom is -0.469 e. The van der Waals surface area contributed by atoms with Crippen LogP contribution in [-0.4, -0.2) is 43.2 Å². The molecule has 0 N–H and O–H groups in total. The minimum absolute atomic E-state index is 0.125. The molecule has 1 aliphatic rings. The van der Waals surface area contributed by atoms with Crippen molar-refractivity contribution in [2.75, 3.05) is 12.9 Å². The molecular weight excluding hydrogens is 256 g/mol. The Kier molecular flexibility index (Phi) is 3.74. The molecule has 0 aromatic carbocycles. The number of rotatable bonds is 6. The van der Waals surface area contributed by atoms with Crippen molar-refractivity contribution in [2.45, 2.75) is 25.0 Å². The molecule has 18 heavy (non-hydrogen) atoms. The van der Waals surface area contributed by atoms with Crippen molar-refractivity contribution in [3.8, 4) is 0 Å². The highest BCUT2D eigenvalue weighted by molar-refractivity contribution is 7.84. The van der Waals surface area contributed by atoms with Crippen LogP contribution in [0.2, 0.25) is 0 Å². The fourth-order valence-electron chi connectivity index (χ4n) is 1.84. The highest BCUT2D eigenvalue weighted by atomic mass is 32.2. The summed E-state index contributed by atoms with van der Waals surface area (Å²) in [5.74, 6) is 1.03. The van der Waals surface area contributed by atoms with E-state index in [1.165, 1.54) is 11.9 Å². The first-order valence-electron chi connectivity index (χ1n) is 5.68. The normalized spacial score (nSPS) is 18.3. The van der Waals surface area contributed by atoms with Gasteiger partial charge in [0.15, 0.2) is 5.82 Å². The fourth-order valence-corrected chi connectivity index (χ4v) is 3.42. The maximum Gasteiger partial charge on any atom is 0.306 e. The molecule has 0 aliphatic heterocycles. The van der Waals surface area contributed by atoms with Crippen LogP contribution in [0.5, 0.6) is 0 Å². The number of nitrogens with zero attached hydrogens (tertiary/aromatic N) is 4. The molecule has 1 unspecified atom stereocenters. The van der Waals surface area contributed by atoms with Gasteiger partial charge in [0.1, 0.15) is 0 Å². The first kappa shape index (κ1) is 13.1. The number of carbonyl (C=O) groups is 1. The summed E-state index contributed by atoms with van der Waals surface area (Å²) in [7, 11) is 1.97. The molecule has 0 bridgehead atoms. The van der Waals surface area contributed by atoms with Crippen LogP contribution in [-0.2, 0) is 33.1 Å². The van der Waals surface area contributed by atoms with Gasteiger partial charge in [-0.3, -0.25) is 9.00 Å².